The summed E-state index contributed by atoms with van der Waals surface area (Å²) in [5, 5.41) is 3.70. The van der Waals surface area contributed by atoms with E-state index in [1.54, 1.807) is 19.2 Å². The number of fused-ring (bicyclic) bond motifs is 1. The van der Waals surface area contributed by atoms with Crippen LogP contribution in [0, 0.1) is 11.7 Å². The molecule has 0 saturated carbocycles. The topological polar surface area (TPSA) is 41.6 Å². The highest BCUT2D eigenvalue weighted by molar-refractivity contribution is 6.30. The Bertz CT molecular complexity index is 912. The zero-order valence-electron chi connectivity index (χ0n) is 17.3. The van der Waals surface area contributed by atoms with Crippen LogP contribution in [0.1, 0.15) is 48.4 Å². The zero-order valence-corrected chi connectivity index (χ0v) is 18.1. The number of piperidine rings is 1. The van der Waals surface area contributed by atoms with Gasteiger partial charge in [0.25, 0.3) is 0 Å². The van der Waals surface area contributed by atoms with Crippen molar-refractivity contribution >= 4 is 17.5 Å². The van der Waals surface area contributed by atoms with Crippen LogP contribution in [0.4, 0.5) is 4.39 Å². The van der Waals surface area contributed by atoms with Gasteiger partial charge in [0.15, 0.2) is 0 Å². The number of benzene rings is 2. The number of likely N-dealkylation sites (tertiary alicyclic amines) is 1. The number of amides is 1. The van der Waals surface area contributed by atoms with E-state index in [0.29, 0.717) is 17.1 Å². The van der Waals surface area contributed by atoms with Crippen molar-refractivity contribution in [2.45, 2.75) is 44.7 Å². The summed E-state index contributed by atoms with van der Waals surface area (Å²) in [7, 11) is 1.68. The van der Waals surface area contributed by atoms with Crippen LogP contribution < -0.4 is 10.1 Å². The Morgan fingerprint density at radius 3 is 2.73 bits per heavy atom. The minimum Gasteiger partial charge on any atom is -0.497 e. The van der Waals surface area contributed by atoms with Crippen LogP contribution in [0.3, 0.4) is 0 Å². The first kappa shape index (κ1) is 21.1. The van der Waals surface area contributed by atoms with Crippen molar-refractivity contribution in [2.24, 2.45) is 5.92 Å². The molecule has 1 N–H and O–H groups in total. The number of methoxy groups -OCH3 is 1. The maximum Gasteiger partial charge on any atom is 0.223 e. The van der Waals surface area contributed by atoms with Gasteiger partial charge in [-0.3, -0.25) is 9.69 Å². The first-order valence-corrected chi connectivity index (χ1v) is 11.0. The molecule has 2 aromatic rings. The fourth-order valence-corrected chi connectivity index (χ4v) is 4.76. The van der Waals surface area contributed by atoms with Gasteiger partial charge in [0, 0.05) is 23.0 Å². The maximum absolute atomic E-state index is 14.1. The van der Waals surface area contributed by atoms with Gasteiger partial charge in [0.1, 0.15) is 11.6 Å². The second-order valence-electron chi connectivity index (χ2n) is 8.30. The molecule has 1 fully saturated rings. The van der Waals surface area contributed by atoms with Gasteiger partial charge in [-0.15, -0.1) is 0 Å². The molecule has 6 heteroatoms. The van der Waals surface area contributed by atoms with Gasteiger partial charge in [-0.05, 0) is 80.6 Å². The number of ether oxygens (including phenoxy) is 1. The molecule has 2 aromatic carbocycles. The quantitative estimate of drug-likeness (QED) is 0.734. The minimum atomic E-state index is -0.269. The highest BCUT2D eigenvalue weighted by Crippen LogP contribution is 2.33. The Morgan fingerprint density at radius 2 is 2.00 bits per heavy atom. The van der Waals surface area contributed by atoms with E-state index >= 15 is 0 Å². The van der Waals surface area contributed by atoms with Crippen LogP contribution in [0.15, 0.2) is 36.4 Å². The van der Waals surface area contributed by atoms with Gasteiger partial charge in [0.05, 0.1) is 13.2 Å². The molecule has 160 valence electrons. The van der Waals surface area contributed by atoms with Crippen molar-refractivity contribution in [3.8, 4) is 5.75 Å². The SMILES string of the molecule is COc1ccc2c(c1)CCCC2NC(=O)C1CCN(Cc2ccc(Cl)cc2F)CC1. The molecule has 1 amide bonds. The van der Waals surface area contributed by atoms with E-state index in [1.807, 2.05) is 6.07 Å². The lowest BCUT2D eigenvalue weighted by Gasteiger charge is -2.33. The molecule has 1 aliphatic heterocycles. The number of hydrogen-bond acceptors (Lipinski definition) is 3. The number of halogens is 2. The predicted octanol–water partition coefficient (Wildman–Crippen LogP) is 4.89. The number of carbonyl (C=O) groups is 1. The fourth-order valence-electron chi connectivity index (χ4n) is 4.60. The lowest BCUT2D eigenvalue weighted by molar-refractivity contribution is -0.127. The average Bonchev–Trinajstić information content (AvgIpc) is 2.76. The van der Waals surface area contributed by atoms with Crippen LogP contribution in [-0.2, 0) is 17.8 Å². The Morgan fingerprint density at radius 1 is 1.20 bits per heavy atom. The number of nitrogens with one attached hydrogen (secondary N) is 1. The van der Waals surface area contributed by atoms with Gasteiger partial charge in [-0.1, -0.05) is 23.7 Å². The summed E-state index contributed by atoms with van der Waals surface area (Å²) in [5.74, 6) is 0.751. The second-order valence-corrected chi connectivity index (χ2v) is 8.74. The minimum absolute atomic E-state index is 0.0138. The molecule has 4 nitrogen and oxygen atoms in total. The van der Waals surface area contributed by atoms with Crippen molar-refractivity contribution in [3.63, 3.8) is 0 Å². The maximum atomic E-state index is 14.1. The van der Waals surface area contributed by atoms with E-state index in [-0.39, 0.29) is 23.7 Å². The second kappa shape index (κ2) is 9.36. The van der Waals surface area contributed by atoms with Gasteiger partial charge < -0.3 is 10.1 Å². The van der Waals surface area contributed by atoms with Gasteiger partial charge in [-0.2, -0.15) is 0 Å². The van der Waals surface area contributed by atoms with E-state index in [9.17, 15) is 9.18 Å². The van der Waals surface area contributed by atoms with Crippen LogP contribution in [-0.4, -0.2) is 31.0 Å². The summed E-state index contributed by atoms with van der Waals surface area (Å²) in [4.78, 5) is 15.1. The van der Waals surface area contributed by atoms with Crippen molar-refractivity contribution < 1.29 is 13.9 Å². The third-order valence-electron chi connectivity index (χ3n) is 6.35. The Balaban J connectivity index is 1.32. The standard InChI is InChI=1S/C24H28ClFN2O2/c1-30-20-7-8-21-17(13-20)3-2-4-23(21)27-24(29)16-9-11-28(12-10-16)15-18-5-6-19(25)14-22(18)26/h5-8,13-14,16,23H,2-4,9-12,15H2,1H3,(H,27,29). The normalized spacial score (nSPS) is 19.9. The van der Waals surface area contributed by atoms with E-state index < -0.39 is 0 Å². The Kier molecular flexibility index (Phi) is 6.59. The molecule has 1 heterocycles. The number of rotatable bonds is 5. The number of hydrogen-bond donors (Lipinski definition) is 1. The third-order valence-corrected chi connectivity index (χ3v) is 6.58. The molecule has 30 heavy (non-hydrogen) atoms. The highest BCUT2D eigenvalue weighted by atomic mass is 35.5. The highest BCUT2D eigenvalue weighted by Gasteiger charge is 2.29. The molecular formula is C24H28ClFN2O2. The molecule has 1 atom stereocenters. The molecular weight excluding hydrogens is 403 g/mol. The average molecular weight is 431 g/mol. The van der Waals surface area contributed by atoms with E-state index in [4.69, 9.17) is 16.3 Å². The van der Waals surface area contributed by atoms with Gasteiger partial charge in [0.2, 0.25) is 5.91 Å². The monoisotopic (exact) mass is 430 g/mol. The molecule has 1 saturated heterocycles. The third kappa shape index (κ3) is 4.79. The summed E-state index contributed by atoms with van der Waals surface area (Å²) >= 11 is 5.84. The van der Waals surface area contributed by atoms with Crippen molar-refractivity contribution in [1.82, 2.24) is 10.2 Å². The summed E-state index contributed by atoms with van der Waals surface area (Å²) in [5.41, 5.74) is 3.13. The fraction of sp³-hybridized carbons (Fsp3) is 0.458. The molecule has 1 aliphatic carbocycles. The number of carbonyl (C=O) groups excluding carboxylic acids is 1. The van der Waals surface area contributed by atoms with Crippen molar-refractivity contribution in [2.75, 3.05) is 20.2 Å². The number of nitrogens with zero attached hydrogens (tertiary/aromatic N) is 1. The molecule has 4 rings (SSSR count). The largest absolute Gasteiger partial charge is 0.497 e. The molecule has 0 radical (unpaired) electrons. The lowest BCUT2D eigenvalue weighted by Crippen LogP contribution is -2.41. The summed E-state index contributed by atoms with van der Waals surface area (Å²) < 4.78 is 19.4. The van der Waals surface area contributed by atoms with Crippen LogP contribution in [0.5, 0.6) is 5.75 Å². The first-order chi connectivity index (χ1) is 14.5. The van der Waals surface area contributed by atoms with Crippen molar-refractivity contribution in [1.29, 1.82) is 0 Å². The Hall–Kier alpha value is -2.11. The predicted molar refractivity (Wildman–Crippen MR) is 116 cm³/mol. The molecule has 0 aromatic heterocycles. The van der Waals surface area contributed by atoms with E-state index in [0.717, 1.165) is 50.9 Å². The van der Waals surface area contributed by atoms with Gasteiger partial charge >= 0.3 is 0 Å². The molecule has 0 spiro atoms. The molecule has 2 aliphatic rings. The zero-order chi connectivity index (χ0) is 21.1. The summed E-state index contributed by atoms with van der Waals surface area (Å²) in [6.07, 6.45) is 4.65. The van der Waals surface area contributed by atoms with Crippen LogP contribution >= 0.6 is 11.6 Å². The van der Waals surface area contributed by atoms with Crippen LogP contribution in [0.25, 0.3) is 0 Å². The first-order valence-electron chi connectivity index (χ1n) is 10.7. The van der Waals surface area contributed by atoms with Crippen LogP contribution in [0.2, 0.25) is 5.02 Å². The number of aryl methyl sites for hydroxylation is 1. The Labute approximate surface area is 182 Å². The summed E-state index contributed by atoms with van der Waals surface area (Å²) in [6.45, 7) is 2.13. The smallest absolute Gasteiger partial charge is 0.223 e. The molecule has 0 bridgehead atoms. The van der Waals surface area contributed by atoms with Crippen molar-refractivity contribution in [3.05, 3.63) is 63.9 Å². The van der Waals surface area contributed by atoms with E-state index in [1.165, 1.54) is 17.2 Å². The lowest BCUT2D eigenvalue weighted by atomic mass is 9.86. The van der Waals surface area contributed by atoms with E-state index in [2.05, 4.69) is 22.3 Å². The summed E-state index contributed by atoms with van der Waals surface area (Å²) in [6, 6.07) is 11.0. The van der Waals surface area contributed by atoms with Gasteiger partial charge in [-0.25, -0.2) is 4.39 Å². The molecule has 1 unspecified atom stereocenters.